The minimum Gasteiger partial charge on any atom is -0.306 e. The van der Waals surface area contributed by atoms with E-state index in [1.807, 2.05) is 60.8 Å². The van der Waals surface area contributed by atoms with Gasteiger partial charge in [-0.15, -0.1) is 11.3 Å². The molecule has 0 aliphatic rings. The van der Waals surface area contributed by atoms with Gasteiger partial charge >= 0.3 is 0 Å². The van der Waals surface area contributed by atoms with Crippen LogP contribution in [0.15, 0.2) is 60.1 Å². The average molecular weight is 294 g/mol. The van der Waals surface area contributed by atoms with Crippen LogP contribution in [0.4, 0.5) is 5.82 Å². The van der Waals surface area contributed by atoms with Gasteiger partial charge in [0.1, 0.15) is 5.82 Å². The molecule has 0 spiro atoms. The van der Waals surface area contributed by atoms with Crippen molar-refractivity contribution in [2.24, 2.45) is 0 Å². The van der Waals surface area contributed by atoms with Gasteiger partial charge in [-0.3, -0.25) is 4.79 Å². The highest BCUT2D eigenvalue weighted by Crippen LogP contribution is 2.26. The smallest absolute Gasteiger partial charge is 0.266 e. The third kappa shape index (κ3) is 3.01. The van der Waals surface area contributed by atoms with Gasteiger partial charge in [0.25, 0.3) is 5.91 Å². The third-order valence-electron chi connectivity index (χ3n) is 3.17. The number of amides is 1. The molecule has 0 saturated heterocycles. The number of hydrogen-bond donors (Lipinski definition) is 1. The number of rotatable bonds is 3. The first-order valence-corrected chi connectivity index (χ1v) is 7.49. The Morgan fingerprint density at radius 1 is 1.10 bits per heavy atom. The number of carbonyl (C=O) groups excluding carboxylic acids is 1. The van der Waals surface area contributed by atoms with Crippen LogP contribution in [0.1, 0.15) is 15.2 Å². The maximum absolute atomic E-state index is 12.3. The Bertz CT molecular complexity index is 765. The number of hydrogen-bond acceptors (Lipinski definition) is 3. The van der Waals surface area contributed by atoms with E-state index in [4.69, 9.17) is 0 Å². The molecule has 3 rings (SSSR count). The molecule has 1 amide bonds. The molecule has 1 N–H and O–H groups in total. The number of aromatic nitrogens is 1. The zero-order chi connectivity index (χ0) is 14.7. The second-order valence-corrected chi connectivity index (χ2v) is 5.60. The van der Waals surface area contributed by atoms with Gasteiger partial charge in [0.15, 0.2) is 0 Å². The largest absolute Gasteiger partial charge is 0.306 e. The summed E-state index contributed by atoms with van der Waals surface area (Å²) in [6, 6.07) is 15.7. The average Bonchev–Trinajstić information content (AvgIpc) is 3.00. The van der Waals surface area contributed by atoms with Crippen molar-refractivity contribution in [1.82, 2.24) is 4.98 Å². The maximum Gasteiger partial charge on any atom is 0.266 e. The predicted molar refractivity (Wildman–Crippen MR) is 86.7 cm³/mol. The highest BCUT2D eigenvalue weighted by atomic mass is 32.1. The molecule has 21 heavy (non-hydrogen) atoms. The first kappa shape index (κ1) is 13.5. The minimum atomic E-state index is -0.121. The van der Waals surface area contributed by atoms with Crippen molar-refractivity contribution >= 4 is 23.1 Å². The van der Waals surface area contributed by atoms with Crippen molar-refractivity contribution in [3.05, 3.63) is 70.5 Å². The van der Waals surface area contributed by atoms with Crippen LogP contribution < -0.4 is 5.32 Å². The highest BCUT2D eigenvalue weighted by Gasteiger charge is 2.11. The standard InChI is InChI=1S/C17H14N2OS/c1-12-6-5-9-18-16(12)19-17(20)15-10-14(11-21-15)13-7-3-2-4-8-13/h2-11H,1H3,(H,18,19,20). The Kier molecular flexibility index (Phi) is 3.79. The number of nitrogens with one attached hydrogen (secondary N) is 1. The van der Waals surface area contributed by atoms with Crippen molar-refractivity contribution in [3.63, 3.8) is 0 Å². The van der Waals surface area contributed by atoms with Gasteiger partial charge in [-0.2, -0.15) is 0 Å². The highest BCUT2D eigenvalue weighted by molar-refractivity contribution is 7.12. The van der Waals surface area contributed by atoms with Gasteiger partial charge < -0.3 is 5.32 Å². The van der Waals surface area contributed by atoms with Crippen LogP contribution in [-0.4, -0.2) is 10.9 Å². The molecule has 0 aliphatic carbocycles. The molecular weight excluding hydrogens is 280 g/mol. The molecule has 4 heteroatoms. The molecule has 2 heterocycles. The molecule has 2 aromatic heterocycles. The van der Waals surface area contributed by atoms with Crippen LogP contribution in [0.25, 0.3) is 11.1 Å². The molecule has 0 aliphatic heterocycles. The fraction of sp³-hybridized carbons (Fsp3) is 0.0588. The van der Waals surface area contributed by atoms with Crippen LogP contribution in [0.5, 0.6) is 0 Å². The predicted octanol–water partition coefficient (Wildman–Crippen LogP) is 4.37. The Morgan fingerprint density at radius 3 is 2.67 bits per heavy atom. The van der Waals surface area contributed by atoms with Crippen molar-refractivity contribution in [3.8, 4) is 11.1 Å². The number of pyridine rings is 1. The summed E-state index contributed by atoms with van der Waals surface area (Å²) in [7, 11) is 0. The number of benzene rings is 1. The van der Waals surface area contributed by atoms with E-state index in [1.54, 1.807) is 6.20 Å². The molecular formula is C17H14N2OS. The van der Waals surface area contributed by atoms with Crippen LogP contribution in [0.2, 0.25) is 0 Å². The second-order valence-electron chi connectivity index (χ2n) is 4.69. The summed E-state index contributed by atoms with van der Waals surface area (Å²) in [6.45, 7) is 1.92. The quantitative estimate of drug-likeness (QED) is 0.779. The van der Waals surface area contributed by atoms with Gasteiger partial charge in [-0.05, 0) is 41.1 Å². The van der Waals surface area contributed by atoms with Crippen molar-refractivity contribution in [2.75, 3.05) is 5.32 Å². The normalized spacial score (nSPS) is 10.3. The fourth-order valence-electron chi connectivity index (χ4n) is 2.02. The Morgan fingerprint density at radius 2 is 1.90 bits per heavy atom. The maximum atomic E-state index is 12.3. The van der Waals surface area contributed by atoms with Crippen molar-refractivity contribution in [2.45, 2.75) is 6.92 Å². The SMILES string of the molecule is Cc1cccnc1NC(=O)c1cc(-c2ccccc2)cs1. The molecule has 3 aromatic rings. The molecule has 0 bridgehead atoms. The third-order valence-corrected chi connectivity index (χ3v) is 4.10. The summed E-state index contributed by atoms with van der Waals surface area (Å²) >= 11 is 1.44. The van der Waals surface area contributed by atoms with Gasteiger partial charge in [-0.25, -0.2) is 4.98 Å². The van der Waals surface area contributed by atoms with E-state index in [2.05, 4.69) is 10.3 Å². The van der Waals surface area contributed by atoms with Crippen molar-refractivity contribution in [1.29, 1.82) is 0 Å². The molecule has 104 valence electrons. The number of anilines is 1. The van der Waals surface area contributed by atoms with E-state index < -0.39 is 0 Å². The Balaban J connectivity index is 1.80. The fourth-order valence-corrected chi connectivity index (χ4v) is 2.83. The minimum absolute atomic E-state index is 0.121. The van der Waals surface area contributed by atoms with E-state index in [0.717, 1.165) is 16.7 Å². The van der Waals surface area contributed by atoms with Gasteiger partial charge in [0.2, 0.25) is 0 Å². The number of carbonyl (C=O) groups is 1. The first-order valence-electron chi connectivity index (χ1n) is 6.61. The topological polar surface area (TPSA) is 42.0 Å². The van der Waals surface area contributed by atoms with E-state index in [9.17, 15) is 4.79 Å². The summed E-state index contributed by atoms with van der Waals surface area (Å²) < 4.78 is 0. The molecule has 1 aromatic carbocycles. The summed E-state index contributed by atoms with van der Waals surface area (Å²) in [4.78, 5) is 17.1. The molecule has 0 atom stereocenters. The summed E-state index contributed by atoms with van der Waals surface area (Å²) in [5, 5.41) is 4.85. The lowest BCUT2D eigenvalue weighted by Gasteiger charge is -2.05. The Hall–Kier alpha value is -2.46. The second kappa shape index (κ2) is 5.89. The van der Waals surface area contributed by atoms with Crippen LogP contribution in [0, 0.1) is 6.92 Å². The van der Waals surface area contributed by atoms with Gasteiger partial charge in [-0.1, -0.05) is 36.4 Å². The number of nitrogens with zero attached hydrogens (tertiary/aromatic N) is 1. The van der Waals surface area contributed by atoms with Crippen molar-refractivity contribution < 1.29 is 4.79 Å². The lowest BCUT2D eigenvalue weighted by Crippen LogP contribution is -2.12. The Labute approximate surface area is 127 Å². The van der Waals surface area contributed by atoms with Crippen LogP contribution in [0.3, 0.4) is 0 Å². The number of aryl methyl sites for hydroxylation is 1. The monoisotopic (exact) mass is 294 g/mol. The first-order chi connectivity index (χ1) is 10.2. The lowest BCUT2D eigenvalue weighted by molar-refractivity contribution is 0.103. The molecule has 0 radical (unpaired) electrons. The molecule has 3 nitrogen and oxygen atoms in total. The van der Waals surface area contributed by atoms with Crippen LogP contribution in [-0.2, 0) is 0 Å². The summed E-state index contributed by atoms with van der Waals surface area (Å²) in [5.74, 6) is 0.487. The van der Waals surface area contributed by atoms with Gasteiger partial charge in [0, 0.05) is 6.20 Å². The zero-order valence-corrected chi connectivity index (χ0v) is 12.4. The molecule has 0 unspecified atom stereocenters. The number of thiophene rings is 1. The van der Waals surface area contributed by atoms with Gasteiger partial charge in [0.05, 0.1) is 4.88 Å². The van der Waals surface area contributed by atoms with E-state index in [1.165, 1.54) is 11.3 Å². The van der Waals surface area contributed by atoms with Crippen LogP contribution >= 0.6 is 11.3 Å². The zero-order valence-electron chi connectivity index (χ0n) is 11.5. The van der Waals surface area contributed by atoms with E-state index in [-0.39, 0.29) is 5.91 Å². The lowest BCUT2D eigenvalue weighted by atomic mass is 10.1. The summed E-state index contributed by atoms with van der Waals surface area (Å²) in [5.41, 5.74) is 3.12. The molecule has 0 fully saturated rings. The summed E-state index contributed by atoms with van der Waals surface area (Å²) in [6.07, 6.45) is 1.67. The van der Waals surface area contributed by atoms with E-state index in [0.29, 0.717) is 10.7 Å². The molecule has 0 saturated carbocycles. The van der Waals surface area contributed by atoms with E-state index >= 15 is 0 Å².